The van der Waals surface area contributed by atoms with E-state index in [1.54, 1.807) is 6.61 Å². The van der Waals surface area contributed by atoms with Gasteiger partial charge in [-0.25, -0.2) is 0 Å². The molecular formula is C12H25O2. The fraction of sp³-hybridized carbons (Fsp3) is 0.917. The highest BCUT2D eigenvalue weighted by Gasteiger charge is 2.08. The zero-order valence-electron chi connectivity index (χ0n) is 10.1. The molecule has 2 heteroatoms. The molecule has 0 fully saturated rings. The molecule has 0 aliphatic carbocycles. The average Bonchev–Trinajstić information content (AvgIpc) is 2.14. The van der Waals surface area contributed by atoms with Gasteiger partial charge in [-0.15, -0.1) is 0 Å². The third kappa shape index (κ3) is 8.52. The highest BCUT2D eigenvalue weighted by molar-refractivity contribution is 4.51. The predicted molar refractivity (Wildman–Crippen MR) is 59.8 cm³/mol. The highest BCUT2D eigenvalue weighted by Crippen LogP contribution is 2.10. The largest absolute Gasteiger partial charge is 0.352 e. The third-order valence-corrected chi connectivity index (χ3v) is 1.95. The lowest BCUT2D eigenvalue weighted by molar-refractivity contribution is -0.130. The van der Waals surface area contributed by atoms with Crippen molar-refractivity contribution in [1.82, 2.24) is 0 Å². The maximum Gasteiger partial charge on any atom is 0.158 e. The second-order valence-electron chi connectivity index (χ2n) is 4.02. The molecule has 14 heavy (non-hydrogen) atoms. The summed E-state index contributed by atoms with van der Waals surface area (Å²) in [5.41, 5.74) is 0. The molecule has 0 aromatic heterocycles. The summed E-state index contributed by atoms with van der Waals surface area (Å²) in [6.45, 7) is 10.9. The Kier molecular flexibility index (Phi) is 9.42. The van der Waals surface area contributed by atoms with Gasteiger partial charge in [0.05, 0.1) is 13.2 Å². The maximum absolute atomic E-state index is 5.64. The Hall–Kier alpha value is -0.0800. The van der Waals surface area contributed by atoms with Gasteiger partial charge in [0, 0.05) is 0 Å². The molecule has 0 saturated heterocycles. The van der Waals surface area contributed by atoms with Crippen LogP contribution in [0.15, 0.2) is 0 Å². The minimum absolute atomic E-state index is 0.0334. The number of rotatable bonds is 9. The van der Waals surface area contributed by atoms with E-state index in [9.17, 15) is 0 Å². The van der Waals surface area contributed by atoms with E-state index in [0.29, 0.717) is 5.92 Å². The molecular weight excluding hydrogens is 176 g/mol. The van der Waals surface area contributed by atoms with Gasteiger partial charge >= 0.3 is 0 Å². The van der Waals surface area contributed by atoms with E-state index >= 15 is 0 Å². The fourth-order valence-corrected chi connectivity index (χ4v) is 1.20. The average molecular weight is 201 g/mol. The van der Waals surface area contributed by atoms with E-state index in [-0.39, 0.29) is 6.29 Å². The highest BCUT2D eigenvalue weighted by atomic mass is 16.7. The first-order chi connectivity index (χ1) is 6.70. The molecule has 0 heterocycles. The predicted octanol–water partition coefficient (Wildman–Crippen LogP) is 3.76. The van der Waals surface area contributed by atoms with Gasteiger partial charge in [-0.05, 0) is 25.7 Å². The van der Waals surface area contributed by atoms with Crippen molar-refractivity contribution in [3.63, 3.8) is 0 Å². The quantitative estimate of drug-likeness (QED) is 0.417. The molecule has 0 N–H and O–H groups in total. The summed E-state index contributed by atoms with van der Waals surface area (Å²) < 4.78 is 11.0. The fourth-order valence-electron chi connectivity index (χ4n) is 1.20. The first-order valence-electron chi connectivity index (χ1n) is 5.75. The van der Waals surface area contributed by atoms with E-state index < -0.39 is 0 Å². The number of unbranched alkanes of at least 4 members (excludes halogenated alkanes) is 2. The van der Waals surface area contributed by atoms with Gasteiger partial charge in [0.25, 0.3) is 0 Å². The lowest BCUT2D eigenvalue weighted by Gasteiger charge is -2.18. The lowest BCUT2D eigenvalue weighted by atomic mass is 10.2. The van der Waals surface area contributed by atoms with Gasteiger partial charge in [0.1, 0.15) is 0 Å². The third-order valence-electron chi connectivity index (χ3n) is 1.95. The van der Waals surface area contributed by atoms with Crippen LogP contribution in [0.3, 0.4) is 0 Å². The van der Waals surface area contributed by atoms with E-state index in [1.807, 2.05) is 6.92 Å². The van der Waals surface area contributed by atoms with Gasteiger partial charge < -0.3 is 9.47 Å². The summed E-state index contributed by atoms with van der Waals surface area (Å²) in [5, 5.41) is 0. The van der Waals surface area contributed by atoms with Crippen LogP contribution in [0.5, 0.6) is 0 Å². The van der Waals surface area contributed by atoms with Crippen LogP contribution in [-0.4, -0.2) is 12.9 Å². The zero-order chi connectivity index (χ0) is 10.8. The van der Waals surface area contributed by atoms with Crippen LogP contribution in [0.25, 0.3) is 0 Å². The van der Waals surface area contributed by atoms with Crippen LogP contribution in [0.4, 0.5) is 0 Å². The van der Waals surface area contributed by atoms with Crippen LogP contribution in [0.2, 0.25) is 0 Å². The molecule has 0 aromatic carbocycles. The zero-order valence-corrected chi connectivity index (χ0v) is 10.1. The summed E-state index contributed by atoms with van der Waals surface area (Å²) in [7, 11) is 0. The first-order valence-corrected chi connectivity index (χ1v) is 5.75. The summed E-state index contributed by atoms with van der Waals surface area (Å²) in [5.74, 6) is 0.573. The molecule has 0 aliphatic heterocycles. The van der Waals surface area contributed by atoms with Crippen molar-refractivity contribution in [2.45, 2.75) is 59.7 Å². The van der Waals surface area contributed by atoms with Crippen molar-refractivity contribution in [3.8, 4) is 0 Å². The molecule has 2 nitrogen and oxygen atoms in total. The monoisotopic (exact) mass is 201 g/mol. The Morgan fingerprint density at radius 3 is 2.43 bits per heavy atom. The number of hydrogen-bond donors (Lipinski definition) is 0. The van der Waals surface area contributed by atoms with E-state index in [4.69, 9.17) is 9.47 Å². The van der Waals surface area contributed by atoms with E-state index in [0.717, 1.165) is 13.0 Å². The van der Waals surface area contributed by atoms with Gasteiger partial charge in [0.2, 0.25) is 0 Å². The minimum atomic E-state index is -0.0334. The van der Waals surface area contributed by atoms with Crippen molar-refractivity contribution in [2.24, 2.45) is 5.92 Å². The van der Waals surface area contributed by atoms with Crippen molar-refractivity contribution in [3.05, 3.63) is 6.61 Å². The molecule has 1 radical (unpaired) electrons. The Morgan fingerprint density at radius 2 is 1.93 bits per heavy atom. The molecule has 0 rings (SSSR count). The summed E-state index contributed by atoms with van der Waals surface area (Å²) in [6.07, 6.45) is 4.66. The van der Waals surface area contributed by atoms with E-state index in [1.165, 1.54) is 19.3 Å². The summed E-state index contributed by atoms with van der Waals surface area (Å²) in [4.78, 5) is 0. The molecule has 1 unspecified atom stereocenters. The van der Waals surface area contributed by atoms with Crippen molar-refractivity contribution in [1.29, 1.82) is 0 Å². The molecule has 0 aliphatic rings. The second kappa shape index (κ2) is 9.47. The van der Waals surface area contributed by atoms with Crippen LogP contribution < -0.4 is 0 Å². The maximum atomic E-state index is 5.64. The van der Waals surface area contributed by atoms with Gasteiger partial charge in [0.15, 0.2) is 6.29 Å². The standard InChI is InChI=1S/C12H25O2/c1-5-7-8-9-12(13-6-2)14-10-11(3)4/h6,11-12H,5,7-10H2,1-4H3. The molecule has 85 valence electrons. The Morgan fingerprint density at radius 1 is 1.21 bits per heavy atom. The lowest BCUT2D eigenvalue weighted by Crippen LogP contribution is -2.18. The molecule has 0 amide bonds. The van der Waals surface area contributed by atoms with Crippen LogP contribution in [0.1, 0.15) is 53.4 Å². The van der Waals surface area contributed by atoms with Crippen molar-refractivity contribution >= 4 is 0 Å². The molecule has 0 saturated carbocycles. The summed E-state index contributed by atoms with van der Waals surface area (Å²) >= 11 is 0. The smallest absolute Gasteiger partial charge is 0.158 e. The van der Waals surface area contributed by atoms with Crippen LogP contribution in [0, 0.1) is 12.5 Å². The first kappa shape index (κ1) is 13.9. The molecule has 0 aromatic rings. The van der Waals surface area contributed by atoms with Crippen molar-refractivity contribution < 1.29 is 9.47 Å². The Labute approximate surface area is 89.0 Å². The Balaban J connectivity index is 3.54. The topological polar surface area (TPSA) is 18.5 Å². The van der Waals surface area contributed by atoms with Gasteiger partial charge in [-0.3, -0.25) is 0 Å². The van der Waals surface area contributed by atoms with Gasteiger partial charge in [-0.2, -0.15) is 0 Å². The number of hydrogen-bond acceptors (Lipinski definition) is 2. The summed E-state index contributed by atoms with van der Waals surface area (Å²) in [6, 6.07) is 0. The van der Waals surface area contributed by atoms with Crippen LogP contribution >= 0.6 is 0 Å². The van der Waals surface area contributed by atoms with Crippen molar-refractivity contribution in [2.75, 3.05) is 6.61 Å². The number of ether oxygens (including phenoxy) is 2. The minimum Gasteiger partial charge on any atom is -0.352 e. The molecule has 1 atom stereocenters. The van der Waals surface area contributed by atoms with E-state index in [2.05, 4.69) is 20.8 Å². The molecule has 0 spiro atoms. The Bertz CT molecular complexity index is 113. The second-order valence-corrected chi connectivity index (χ2v) is 4.02. The normalized spacial score (nSPS) is 13.5. The van der Waals surface area contributed by atoms with Crippen LogP contribution in [-0.2, 0) is 9.47 Å². The molecule has 0 bridgehead atoms. The SMILES string of the molecule is C[CH]OC(CCCCC)OCC(C)C. The van der Waals surface area contributed by atoms with Gasteiger partial charge in [-0.1, -0.05) is 33.6 Å².